The van der Waals surface area contributed by atoms with Crippen molar-refractivity contribution in [3.63, 3.8) is 0 Å². The quantitative estimate of drug-likeness (QED) is 0.941. The first-order valence-corrected chi connectivity index (χ1v) is 7.52. The molecule has 0 unspecified atom stereocenters. The van der Waals surface area contributed by atoms with Gasteiger partial charge in [-0.1, -0.05) is 37.5 Å². The van der Waals surface area contributed by atoms with Crippen molar-refractivity contribution >= 4 is 16.7 Å². The number of hydrogen-bond acceptors (Lipinski definition) is 2. The van der Waals surface area contributed by atoms with E-state index in [-0.39, 0.29) is 11.3 Å². The van der Waals surface area contributed by atoms with E-state index in [0.717, 1.165) is 12.8 Å². The molecular weight excluding hydrogens is 266 g/mol. The molecule has 3 rings (SSSR count). The van der Waals surface area contributed by atoms with E-state index in [1.165, 1.54) is 23.8 Å². The van der Waals surface area contributed by atoms with Gasteiger partial charge < -0.3 is 9.67 Å². The summed E-state index contributed by atoms with van der Waals surface area (Å²) >= 11 is 0. The Bertz CT molecular complexity index is 726. The van der Waals surface area contributed by atoms with E-state index in [1.54, 1.807) is 18.2 Å². The number of pyridine rings is 1. The zero-order valence-corrected chi connectivity index (χ0v) is 11.9. The molecule has 1 heterocycles. The number of carboxylic acids is 1. The van der Waals surface area contributed by atoms with Crippen LogP contribution in [0, 0.1) is 5.92 Å². The Balaban J connectivity index is 2.10. The average Bonchev–Trinajstić information content (AvgIpc) is 2.51. The van der Waals surface area contributed by atoms with Crippen molar-refractivity contribution in [1.29, 1.82) is 0 Å². The van der Waals surface area contributed by atoms with Crippen molar-refractivity contribution in [1.82, 2.24) is 4.57 Å². The molecule has 0 saturated heterocycles. The topological polar surface area (TPSA) is 59.3 Å². The zero-order chi connectivity index (χ0) is 14.8. The van der Waals surface area contributed by atoms with Crippen LogP contribution in [0.5, 0.6) is 0 Å². The van der Waals surface area contributed by atoms with Crippen LogP contribution < -0.4 is 5.56 Å². The summed E-state index contributed by atoms with van der Waals surface area (Å²) in [6, 6.07) is 8.80. The average molecular weight is 285 g/mol. The summed E-state index contributed by atoms with van der Waals surface area (Å²) < 4.78 is 1.46. The van der Waals surface area contributed by atoms with E-state index in [0.29, 0.717) is 23.2 Å². The smallest absolute Gasteiger partial charge is 0.352 e. The van der Waals surface area contributed by atoms with Crippen molar-refractivity contribution in [3.8, 4) is 0 Å². The SMILES string of the molecule is O=C(O)c1cc2ccccc2c(=O)n1CC1CCCCC1. The molecule has 4 nitrogen and oxygen atoms in total. The number of hydrogen-bond donors (Lipinski definition) is 1. The molecule has 1 N–H and O–H groups in total. The summed E-state index contributed by atoms with van der Waals surface area (Å²) in [4.78, 5) is 24.1. The van der Waals surface area contributed by atoms with Crippen molar-refractivity contribution in [3.05, 3.63) is 46.4 Å². The summed E-state index contributed by atoms with van der Waals surface area (Å²) in [5.74, 6) is -0.621. The monoisotopic (exact) mass is 285 g/mol. The highest BCUT2D eigenvalue weighted by Crippen LogP contribution is 2.25. The number of carbonyl (C=O) groups is 1. The number of aromatic carboxylic acids is 1. The lowest BCUT2D eigenvalue weighted by molar-refractivity contribution is 0.0681. The molecule has 1 aliphatic carbocycles. The Morgan fingerprint density at radius 3 is 2.62 bits per heavy atom. The fourth-order valence-electron chi connectivity index (χ4n) is 3.28. The van der Waals surface area contributed by atoms with Gasteiger partial charge in [-0.2, -0.15) is 0 Å². The third-order valence-corrected chi connectivity index (χ3v) is 4.40. The van der Waals surface area contributed by atoms with Gasteiger partial charge in [-0.3, -0.25) is 4.79 Å². The number of aromatic nitrogens is 1. The van der Waals surface area contributed by atoms with Crippen molar-refractivity contribution < 1.29 is 9.90 Å². The maximum Gasteiger partial charge on any atom is 0.352 e. The largest absolute Gasteiger partial charge is 0.477 e. The Hall–Kier alpha value is -2.10. The molecule has 0 atom stereocenters. The number of benzene rings is 1. The minimum absolute atomic E-state index is 0.101. The first-order chi connectivity index (χ1) is 10.2. The highest BCUT2D eigenvalue weighted by Gasteiger charge is 2.19. The van der Waals surface area contributed by atoms with Gasteiger partial charge in [-0.25, -0.2) is 4.79 Å². The molecule has 0 spiro atoms. The maximum atomic E-state index is 12.6. The van der Waals surface area contributed by atoms with E-state index in [2.05, 4.69) is 0 Å². The molecule has 2 aromatic rings. The molecule has 0 aliphatic heterocycles. The van der Waals surface area contributed by atoms with Crippen molar-refractivity contribution in [2.24, 2.45) is 5.92 Å². The number of carboxylic acid groups (broad SMARTS) is 1. The lowest BCUT2D eigenvalue weighted by atomic mass is 9.89. The third-order valence-electron chi connectivity index (χ3n) is 4.40. The van der Waals surface area contributed by atoms with Gasteiger partial charge in [0.2, 0.25) is 0 Å². The lowest BCUT2D eigenvalue weighted by Crippen LogP contribution is -2.29. The number of nitrogens with zero attached hydrogens (tertiary/aromatic N) is 1. The fraction of sp³-hybridized carbons (Fsp3) is 0.412. The molecule has 1 fully saturated rings. The van der Waals surface area contributed by atoms with Crippen LogP contribution >= 0.6 is 0 Å². The van der Waals surface area contributed by atoms with Gasteiger partial charge in [0, 0.05) is 11.9 Å². The predicted octanol–water partition coefficient (Wildman–Crippen LogP) is 3.28. The Labute approximate surface area is 123 Å². The second-order valence-corrected chi connectivity index (χ2v) is 5.84. The molecule has 1 aliphatic rings. The second kappa shape index (κ2) is 5.72. The van der Waals surface area contributed by atoms with Gasteiger partial charge >= 0.3 is 5.97 Å². The van der Waals surface area contributed by atoms with Crippen LogP contribution in [0.4, 0.5) is 0 Å². The molecule has 0 amide bonds. The Morgan fingerprint density at radius 1 is 1.19 bits per heavy atom. The summed E-state index contributed by atoms with van der Waals surface area (Å²) in [7, 11) is 0. The van der Waals surface area contributed by atoms with Crippen LogP contribution in [0.1, 0.15) is 42.6 Å². The molecule has 0 radical (unpaired) electrons. The van der Waals surface area contributed by atoms with Crippen molar-refractivity contribution in [2.75, 3.05) is 0 Å². The molecule has 1 saturated carbocycles. The minimum Gasteiger partial charge on any atom is -0.477 e. The molecule has 4 heteroatoms. The fourth-order valence-corrected chi connectivity index (χ4v) is 3.28. The minimum atomic E-state index is -1.03. The van der Waals surface area contributed by atoms with Gasteiger partial charge in [-0.15, -0.1) is 0 Å². The molecule has 110 valence electrons. The van der Waals surface area contributed by atoms with Crippen molar-refractivity contribution in [2.45, 2.75) is 38.6 Å². The van der Waals surface area contributed by atoms with Crippen LogP contribution in [0.15, 0.2) is 35.1 Å². The molecule has 0 bridgehead atoms. The highest BCUT2D eigenvalue weighted by atomic mass is 16.4. The van der Waals surface area contributed by atoms with Crippen LogP contribution in [0.25, 0.3) is 10.8 Å². The summed E-state index contributed by atoms with van der Waals surface area (Å²) in [5.41, 5.74) is -0.0830. The van der Waals surface area contributed by atoms with Crippen LogP contribution in [0.2, 0.25) is 0 Å². The van der Waals surface area contributed by atoms with E-state index in [1.807, 2.05) is 12.1 Å². The summed E-state index contributed by atoms with van der Waals surface area (Å²) in [6.45, 7) is 0.519. The van der Waals surface area contributed by atoms with Gasteiger partial charge in [0.25, 0.3) is 5.56 Å². The maximum absolute atomic E-state index is 12.6. The predicted molar refractivity (Wildman–Crippen MR) is 81.7 cm³/mol. The highest BCUT2D eigenvalue weighted by molar-refractivity contribution is 5.92. The normalized spacial score (nSPS) is 16.2. The van der Waals surface area contributed by atoms with Gasteiger partial charge in [0.05, 0.1) is 0 Å². The van der Waals surface area contributed by atoms with Gasteiger partial charge in [0.1, 0.15) is 5.69 Å². The third kappa shape index (κ3) is 2.71. The zero-order valence-electron chi connectivity index (χ0n) is 11.9. The molecule has 1 aromatic carbocycles. The summed E-state index contributed by atoms with van der Waals surface area (Å²) in [6.07, 6.45) is 5.76. The Kier molecular flexibility index (Phi) is 3.78. The standard InChI is InChI=1S/C17H19NO3/c19-16-14-9-5-4-8-13(14)10-15(17(20)21)18(16)11-12-6-2-1-3-7-12/h4-5,8-10,12H,1-3,6-7,11H2,(H,20,21). The molecule has 1 aromatic heterocycles. The number of fused-ring (bicyclic) bond motifs is 1. The van der Waals surface area contributed by atoms with Gasteiger partial charge in [0.15, 0.2) is 0 Å². The molecular formula is C17H19NO3. The van der Waals surface area contributed by atoms with E-state index in [4.69, 9.17) is 0 Å². The first kappa shape index (κ1) is 13.9. The van der Waals surface area contributed by atoms with Crippen LogP contribution in [-0.2, 0) is 6.54 Å². The van der Waals surface area contributed by atoms with Gasteiger partial charge in [-0.05, 0) is 36.3 Å². The van der Waals surface area contributed by atoms with E-state index >= 15 is 0 Å². The van der Waals surface area contributed by atoms with Crippen LogP contribution in [-0.4, -0.2) is 15.6 Å². The van der Waals surface area contributed by atoms with E-state index in [9.17, 15) is 14.7 Å². The Morgan fingerprint density at radius 2 is 1.90 bits per heavy atom. The second-order valence-electron chi connectivity index (χ2n) is 5.84. The first-order valence-electron chi connectivity index (χ1n) is 7.52. The summed E-state index contributed by atoms with van der Waals surface area (Å²) in [5, 5.41) is 10.7. The molecule has 21 heavy (non-hydrogen) atoms. The van der Waals surface area contributed by atoms with E-state index < -0.39 is 5.97 Å². The van der Waals surface area contributed by atoms with Crippen LogP contribution in [0.3, 0.4) is 0 Å². The lowest BCUT2D eigenvalue weighted by Gasteiger charge is -2.23. The number of rotatable bonds is 3.